The number of nitrogen functional groups attached to an aromatic ring is 1. The van der Waals surface area contributed by atoms with Crippen LogP contribution in [-0.2, 0) is 14.3 Å². The number of benzene rings is 3. The second kappa shape index (κ2) is 13.7. The van der Waals surface area contributed by atoms with Crippen LogP contribution in [0, 0.1) is 6.92 Å². The molecule has 3 aromatic rings. The molecule has 0 aliphatic carbocycles. The Hall–Kier alpha value is -4.34. The fraction of sp³-hybridized carbons (Fsp3) is 0.214. The minimum atomic E-state index is -0.990. The molecule has 9 heteroatoms. The molecule has 0 fully saturated rings. The summed E-state index contributed by atoms with van der Waals surface area (Å²) in [5, 5.41) is 14.6. The topological polar surface area (TPSA) is 132 Å². The van der Waals surface area contributed by atoms with E-state index < -0.39 is 24.2 Å². The molecule has 3 rings (SSSR count). The van der Waals surface area contributed by atoms with Gasteiger partial charge in [-0.05, 0) is 43.3 Å². The van der Waals surface area contributed by atoms with Crippen LogP contribution in [0.15, 0.2) is 84.9 Å². The molecule has 5 N–H and O–H groups in total. The standard InChI is InChI=1S/C28H31N3O6/c1-19-11-13-20(14-12-19)30-28(34)37-27(21-7-3-6-10-24(21)36-18-17-32)25(35-2)15-16-26(33)31-23-9-5-4-8-22(23)29/h3-16,25,27,32H,17-18,29H2,1-2H3,(H,30,34)(H,31,33)/b16-15+/t25-,27-/m1/s1. The second-order valence-corrected chi connectivity index (χ2v) is 8.06. The van der Waals surface area contributed by atoms with Gasteiger partial charge in [-0.15, -0.1) is 0 Å². The van der Waals surface area contributed by atoms with Crippen molar-refractivity contribution in [2.45, 2.75) is 19.1 Å². The summed E-state index contributed by atoms with van der Waals surface area (Å²) in [6.45, 7) is 1.80. The summed E-state index contributed by atoms with van der Waals surface area (Å²) in [6.07, 6.45) is 0.202. The van der Waals surface area contributed by atoms with Crippen LogP contribution in [0.5, 0.6) is 5.75 Å². The highest BCUT2D eigenvalue weighted by Crippen LogP contribution is 2.32. The molecule has 0 unspecified atom stereocenters. The highest BCUT2D eigenvalue weighted by atomic mass is 16.6. The molecule has 2 amide bonds. The molecule has 0 aliphatic heterocycles. The van der Waals surface area contributed by atoms with Gasteiger partial charge in [0.25, 0.3) is 0 Å². The normalized spacial score (nSPS) is 12.5. The van der Waals surface area contributed by atoms with Gasteiger partial charge < -0.3 is 30.4 Å². The van der Waals surface area contributed by atoms with Gasteiger partial charge in [0.15, 0.2) is 6.10 Å². The summed E-state index contributed by atoms with van der Waals surface area (Å²) in [6, 6.07) is 21.1. The molecule has 9 nitrogen and oxygen atoms in total. The largest absolute Gasteiger partial charge is 0.491 e. The molecule has 0 saturated heterocycles. The van der Waals surface area contributed by atoms with Crippen LogP contribution in [0.25, 0.3) is 0 Å². The van der Waals surface area contributed by atoms with Crippen molar-refractivity contribution >= 4 is 29.1 Å². The highest BCUT2D eigenvalue weighted by Gasteiger charge is 2.28. The Balaban J connectivity index is 1.85. The maximum Gasteiger partial charge on any atom is 0.412 e. The Bertz CT molecular complexity index is 1210. The number of nitrogens with two attached hydrogens (primary N) is 1. The molecule has 0 saturated carbocycles. The van der Waals surface area contributed by atoms with E-state index in [2.05, 4.69) is 10.6 Å². The fourth-order valence-corrected chi connectivity index (χ4v) is 3.48. The van der Waals surface area contributed by atoms with Crippen molar-refractivity contribution in [2.24, 2.45) is 0 Å². The molecular weight excluding hydrogens is 474 g/mol. The van der Waals surface area contributed by atoms with Gasteiger partial charge in [-0.3, -0.25) is 10.1 Å². The van der Waals surface area contributed by atoms with Gasteiger partial charge in [-0.25, -0.2) is 4.79 Å². The average Bonchev–Trinajstić information content (AvgIpc) is 2.90. The van der Waals surface area contributed by atoms with E-state index in [0.29, 0.717) is 28.4 Å². The minimum absolute atomic E-state index is 0.0493. The smallest absolute Gasteiger partial charge is 0.412 e. The van der Waals surface area contributed by atoms with Crippen molar-refractivity contribution in [2.75, 3.05) is 36.7 Å². The molecule has 194 valence electrons. The van der Waals surface area contributed by atoms with Gasteiger partial charge in [0.1, 0.15) is 18.5 Å². The highest BCUT2D eigenvalue weighted by molar-refractivity contribution is 6.01. The zero-order chi connectivity index (χ0) is 26.6. The molecule has 3 aromatic carbocycles. The molecule has 2 atom stereocenters. The molecule has 0 heterocycles. The Labute approximate surface area is 215 Å². The zero-order valence-corrected chi connectivity index (χ0v) is 20.7. The predicted octanol–water partition coefficient (Wildman–Crippen LogP) is 4.45. The number of aliphatic hydroxyl groups is 1. The Morgan fingerprint density at radius 1 is 1.00 bits per heavy atom. The van der Waals surface area contributed by atoms with E-state index in [1.807, 2.05) is 19.1 Å². The summed E-state index contributed by atoms with van der Waals surface area (Å²) < 4.78 is 17.1. The summed E-state index contributed by atoms with van der Waals surface area (Å²) in [7, 11) is 1.44. The van der Waals surface area contributed by atoms with Crippen LogP contribution in [0.4, 0.5) is 21.9 Å². The molecule has 0 radical (unpaired) electrons. The maximum absolute atomic E-state index is 12.9. The van der Waals surface area contributed by atoms with E-state index in [9.17, 15) is 14.7 Å². The van der Waals surface area contributed by atoms with E-state index >= 15 is 0 Å². The van der Waals surface area contributed by atoms with Crippen molar-refractivity contribution in [3.05, 3.63) is 96.1 Å². The van der Waals surface area contributed by atoms with E-state index in [1.54, 1.807) is 60.7 Å². The van der Waals surface area contributed by atoms with Crippen molar-refractivity contribution < 1.29 is 28.9 Å². The molecule has 0 aliphatic rings. The number of amides is 2. The van der Waals surface area contributed by atoms with Gasteiger partial charge >= 0.3 is 6.09 Å². The van der Waals surface area contributed by atoms with E-state index in [-0.39, 0.29) is 13.2 Å². The number of aliphatic hydroxyl groups excluding tert-OH is 1. The lowest BCUT2D eigenvalue weighted by atomic mass is 10.0. The molecule has 0 bridgehead atoms. The Morgan fingerprint density at radius 3 is 2.41 bits per heavy atom. The summed E-state index contributed by atoms with van der Waals surface area (Å²) >= 11 is 0. The van der Waals surface area contributed by atoms with Crippen LogP contribution in [0.2, 0.25) is 0 Å². The number of anilines is 3. The first kappa shape index (κ1) is 27.3. The molecule has 0 spiro atoms. The lowest BCUT2D eigenvalue weighted by Crippen LogP contribution is -2.27. The average molecular weight is 506 g/mol. The minimum Gasteiger partial charge on any atom is -0.491 e. The van der Waals surface area contributed by atoms with Gasteiger partial charge in [0.2, 0.25) is 5.91 Å². The third-order valence-electron chi connectivity index (χ3n) is 5.33. The number of nitrogens with one attached hydrogen (secondary N) is 2. The van der Waals surface area contributed by atoms with Crippen LogP contribution < -0.4 is 21.1 Å². The first-order valence-electron chi connectivity index (χ1n) is 11.6. The van der Waals surface area contributed by atoms with Crippen LogP contribution in [0.3, 0.4) is 0 Å². The summed E-state index contributed by atoms with van der Waals surface area (Å²) in [4.78, 5) is 25.4. The van der Waals surface area contributed by atoms with Crippen molar-refractivity contribution in [3.8, 4) is 5.75 Å². The number of hydrogen-bond acceptors (Lipinski definition) is 7. The van der Waals surface area contributed by atoms with E-state index in [0.717, 1.165) is 5.56 Å². The summed E-state index contributed by atoms with van der Waals surface area (Å²) in [5.41, 5.74) is 8.90. The van der Waals surface area contributed by atoms with Crippen LogP contribution in [0.1, 0.15) is 17.2 Å². The number of methoxy groups -OCH3 is 1. The Kier molecular flexibility index (Phi) is 10.1. The maximum atomic E-state index is 12.9. The van der Waals surface area contributed by atoms with Gasteiger partial charge in [0.05, 0.1) is 18.0 Å². The number of rotatable bonds is 11. The van der Waals surface area contributed by atoms with Crippen molar-refractivity contribution in [1.29, 1.82) is 0 Å². The third-order valence-corrected chi connectivity index (χ3v) is 5.33. The molecule has 37 heavy (non-hydrogen) atoms. The van der Waals surface area contributed by atoms with Crippen LogP contribution in [-0.4, -0.2) is 43.5 Å². The number of hydrogen-bond donors (Lipinski definition) is 4. The molecule has 0 aromatic heterocycles. The number of carbonyl (C=O) groups is 2. The molecular formula is C28H31N3O6. The van der Waals surface area contributed by atoms with Crippen molar-refractivity contribution in [3.63, 3.8) is 0 Å². The SMILES string of the molecule is CO[C@H](/C=C/C(=O)Nc1ccccc1N)[C@H](OC(=O)Nc1ccc(C)cc1)c1ccccc1OCCO. The Morgan fingerprint density at radius 2 is 1.70 bits per heavy atom. The van der Waals surface area contributed by atoms with Crippen LogP contribution >= 0.6 is 0 Å². The first-order chi connectivity index (χ1) is 17.9. The first-order valence-corrected chi connectivity index (χ1v) is 11.6. The van der Waals surface area contributed by atoms with Crippen molar-refractivity contribution in [1.82, 2.24) is 0 Å². The van der Waals surface area contributed by atoms with E-state index in [1.165, 1.54) is 19.3 Å². The second-order valence-electron chi connectivity index (χ2n) is 8.06. The number of para-hydroxylation sites is 3. The van der Waals surface area contributed by atoms with Gasteiger partial charge in [-0.2, -0.15) is 0 Å². The zero-order valence-electron chi connectivity index (χ0n) is 20.7. The number of ether oxygens (including phenoxy) is 3. The fourth-order valence-electron chi connectivity index (χ4n) is 3.48. The van der Waals surface area contributed by atoms with Gasteiger partial charge in [-0.1, -0.05) is 48.0 Å². The number of aryl methyl sites for hydroxylation is 1. The number of carbonyl (C=O) groups excluding carboxylic acids is 2. The lowest BCUT2D eigenvalue weighted by molar-refractivity contribution is -0.112. The monoisotopic (exact) mass is 505 g/mol. The quantitative estimate of drug-likeness (QED) is 0.224. The van der Waals surface area contributed by atoms with E-state index in [4.69, 9.17) is 19.9 Å². The lowest BCUT2D eigenvalue weighted by Gasteiger charge is -2.26. The summed E-state index contributed by atoms with van der Waals surface area (Å²) in [5.74, 6) is -0.0331. The van der Waals surface area contributed by atoms with Gasteiger partial charge in [0, 0.05) is 24.4 Å². The third kappa shape index (κ3) is 8.09. The predicted molar refractivity (Wildman–Crippen MR) is 142 cm³/mol.